The number of rotatable bonds is 4. The van der Waals surface area contributed by atoms with Gasteiger partial charge in [-0.1, -0.05) is 6.08 Å². The Morgan fingerprint density at radius 3 is 2.83 bits per heavy atom. The topological polar surface area (TPSA) is 84.4 Å². The van der Waals surface area contributed by atoms with Gasteiger partial charge in [0.2, 0.25) is 0 Å². The molecular weight excluding hydrogens is 443 g/mol. The van der Waals surface area contributed by atoms with Gasteiger partial charge in [0.15, 0.2) is 0 Å². The third kappa shape index (κ3) is 3.13. The molecule has 5 aromatic rings. The van der Waals surface area contributed by atoms with E-state index in [0.717, 1.165) is 50.4 Å². The second kappa shape index (κ2) is 7.27. The highest BCUT2D eigenvalue weighted by Crippen LogP contribution is 2.49. The molecule has 0 saturated heterocycles. The van der Waals surface area contributed by atoms with Crippen LogP contribution in [-0.2, 0) is 7.05 Å². The lowest BCUT2D eigenvalue weighted by Crippen LogP contribution is -2.23. The molecule has 7 nitrogen and oxygen atoms in total. The van der Waals surface area contributed by atoms with E-state index in [0.29, 0.717) is 17.2 Å². The van der Waals surface area contributed by atoms with E-state index in [-0.39, 0.29) is 5.82 Å². The minimum atomic E-state index is -0.353. The zero-order chi connectivity index (χ0) is 23.7. The maximum absolute atomic E-state index is 14.2. The van der Waals surface area contributed by atoms with E-state index >= 15 is 0 Å². The van der Waals surface area contributed by atoms with Gasteiger partial charge in [0.25, 0.3) is 0 Å². The molecule has 1 unspecified atom stereocenters. The van der Waals surface area contributed by atoms with E-state index in [9.17, 15) is 4.39 Å². The van der Waals surface area contributed by atoms with Crippen LogP contribution in [0.4, 0.5) is 4.39 Å². The van der Waals surface area contributed by atoms with Gasteiger partial charge in [-0.3, -0.25) is 14.8 Å². The highest BCUT2D eigenvalue weighted by atomic mass is 19.1. The van der Waals surface area contributed by atoms with Gasteiger partial charge >= 0.3 is 0 Å². The highest BCUT2D eigenvalue weighted by molar-refractivity contribution is 5.98. The van der Waals surface area contributed by atoms with Crippen LogP contribution in [0.2, 0.25) is 0 Å². The summed E-state index contributed by atoms with van der Waals surface area (Å²) in [6, 6.07) is 6.75. The van der Waals surface area contributed by atoms with Crippen molar-refractivity contribution in [2.24, 2.45) is 13.0 Å². The molecular formula is C27H21FN6O. The molecule has 0 aliphatic heterocycles. The van der Waals surface area contributed by atoms with Crippen molar-refractivity contribution in [1.82, 2.24) is 29.9 Å². The van der Waals surface area contributed by atoms with Crippen molar-refractivity contribution in [2.75, 3.05) is 7.11 Å². The third-order valence-electron chi connectivity index (χ3n) is 6.86. The summed E-state index contributed by atoms with van der Waals surface area (Å²) >= 11 is 0. The number of aromatic nitrogens is 6. The molecule has 172 valence electrons. The van der Waals surface area contributed by atoms with Crippen LogP contribution in [0.1, 0.15) is 12.0 Å². The minimum Gasteiger partial charge on any atom is -0.497 e. The van der Waals surface area contributed by atoms with E-state index in [1.165, 1.54) is 30.4 Å². The quantitative estimate of drug-likeness (QED) is 0.426. The lowest BCUT2D eigenvalue weighted by Gasteiger charge is -2.06. The first kappa shape index (κ1) is 20.0. The molecule has 7 rings (SSSR count). The average Bonchev–Trinajstić information content (AvgIpc) is 3.16. The monoisotopic (exact) mass is 464 g/mol. The summed E-state index contributed by atoms with van der Waals surface area (Å²) in [7, 11) is 3.47. The number of aromatic amines is 2. The minimum absolute atomic E-state index is 0.353. The Bertz CT molecular complexity index is 1800. The fourth-order valence-electron chi connectivity index (χ4n) is 5.13. The molecule has 0 spiro atoms. The maximum Gasteiger partial charge on any atom is 0.127 e. The van der Waals surface area contributed by atoms with Gasteiger partial charge in [-0.2, -0.15) is 10.2 Å². The number of pyridine rings is 1. The number of benzene rings is 1. The number of fused-ring (bicyclic) bond motifs is 3. The molecule has 1 fully saturated rings. The zero-order valence-electron chi connectivity index (χ0n) is 19.1. The molecule has 0 bridgehead atoms. The summed E-state index contributed by atoms with van der Waals surface area (Å²) in [6.07, 6.45) is 12.8. The number of H-pyrrole nitrogens is 2. The number of hydrogen-bond acceptors (Lipinski definition) is 4. The Morgan fingerprint density at radius 1 is 1.09 bits per heavy atom. The highest BCUT2D eigenvalue weighted by Gasteiger charge is 2.37. The average molecular weight is 465 g/mol. The van der Waals surface area contributed by atoms with Crippen LogP contribution in [0.5, 0.6) is 5.75 Å². The van der Waals surface area contributed by atoms with Crippen molar-refractivity contribution in [2.45, 2.75) is 6.42 Å². The van der Waals surface area contributed by atoms with E-state index in [2.05, 4.69) is 49.7 Å². The van der Waals surface area contributed by atoms with Crippen molar-refractivity contribution in [1.29, 1.82) is 0 Å². The second-order valence-corrected chi connectivity index (χ2v) is 9.05. The van der Waals surface area contributed by atoms with Crippen molar-refractivity contribution in [3.8, 4) is 28.3 Å². The lowest BCUT2D eigenvalue weighted by atomic mass is 10.0. The molecule has 0 amide bonds. The SMILES string of the molecule is COc1cc(F)cc(-c2cncc3[nH]c(-c4n[nH]c5c4=C4CC4C(c4cnn(C)c4)=CC=5)cc23)c1. The lowest BCUT2D eigenvalue weighted by molar-refractivity contribution is 0.411. The Balaban J connectivity index is 1.36. The molecule has 1 aromatic carbocycles. The van der Waals surface area contributed by atoms with Crippen molar-refractivity contribution >= 4 is 28.1 Å². The zero-order valence-corrected chi connectivity index (χ0v) is 19.1. The molecule has 2 aliphatic carbocycles. The van der Waals surface area contributed by atoms with Crippen LogP contribution >= 0.6 is 0 Å². The number of halogens is 1. The van der Waals surface area contributed by atoms with Crippen molar-refractivity contribution in [3.63, 3.8) is 0 Å². The standard InChI is InChI=1S/C27H21FN6O/c1-34-13-15(10-30-34)18-3-4-23-26(21-8-19(18)21)27(33-32-23)24-9-20-22(11-29-12-25(20)31-24)14-5-16(28)7-17(6-14)35-2/h3-7,9-13,19,31-32H,8H2,1-2H3. The number of allylic oxidation sites excluding steroid dienone is 2. The van der Waals surface area contributed by atoms with Gasteiger partial charge < -0.3 is 9.72 Å². The van der Waals surface area contributed by atoms with E-state index in [1.54, 1.807) is 12.4 Å². The first-order valence-electron chi connectivity index (χ1n) is 11.4. The van der Waals surface area contributed by atoms with Crippen LogP contribution < -0.4 is 15.3 Å². The summed E-state index contributed by atoms with van der Waals surface area (Å²) in [5.74, 6) is 0.483. The molecule has 35 heavy (non-hydrogen) atoms. The summed E-state index contributed by atoms with van der Waals surface area (Å²) in [5.41, 5.74) is 7.98. The smallest absolute Gasteiger partial charge is 0.127 e. The molecule has 2 aliphatic rings. The predicted molar refractivity (Wildman–Crippen MR) is 132 cm³/mol. The first-order valence-corrected chi connectivity index (χ1v) is 11.4. The number of nitrogens with zero attached hydrogens (tertiary/aromatic N) is 4. The normalized spacial score (nSPS) is 16.4. The number of hydrogen-bond donors (Lipinski definition) is 2. The first-order chi connectivity index (χ1) is 17.1. The molecule has 2 N–H and O–H groups in total. The van der Waals surface area contributed by atoms with E-state index in [4.69, 9.17) is 4.74 Å². The molecule has 4 heterocycles. The van der Waals surface area contributed by atoms with Gasteiger partial charge in [0, 0.05) is 53.2 Å². The van der Waals surface area contributed by atoms with E-state index < -0.39 is 0 Å². The Kier molecular flexibility index (Phi) is 4.14. The molecule has 1 saturated carbocycles. The van der Waals surface area contributed by atoms with Gasteiger partial charge in [0.05, 0.1) is 36.1 Å². The summed E-state index contributed by atoms with van der Waals surface area (Å²) < 4.78 is 21.3. The molecule has 0 radical (unpaired) electrons. The van der Waals surface area contributed by atoms with Gasteiger partial charge in [-0.15, -0.1) is 0 Å². The van der Waals surface area contributed by atoms with Crippen LogP contribution in [-0.4, -0.2) is 37.1 Å². The van der Waals surface area contributed by atoms with Crippen molar-refractivity contribution in [3.05, 3.63) is 77.1 Å². The van der Waals surface area contributed by atoms with Crippen molar-refractivity contribution < 1.29 is 9.13 Å². The van der Waals surface area contributed by atoms with E-state index in [1.807, 2.05) is 24.0 Å². The fraction of sp³-hybridized carbons (Fsp3) is 0.148. The molecule has 1 atom stereocenters. The molecule has 8 heteroatoms. The van der Waals surface area contributed by atoms with Gasteiger partial charge in [-0.25, -0.2) is 4.39 Å². The summed E-state index contributed by atoms with van der Waals surface area (Å²) in [6.45, 7) is 0. The van der Waals surface area contributed by atoms with Crippen LogP contribution in [0.3, 0.4) is 0 Å². The van der Waals surface area contributed by atoms with Crippen LogP contribution in [0.15, 0.2) is 55.1 Å². The van der Waals surface area contributed by atoms with Crippen LogP contribution in [0.25, 0.3) is 50.6 Å². The number of methoxy groups -OCH3 is 1. The largest absolute Gasteiger partial charge is 0.497 e. The number of aryl methyl sites for hydroxylation is 1. The van der Waals surface area contributed by atoms with Gasteiger partial charge in [-0.05, 0) is 47.4 Å². The van der Waals surface area contributed by atoms with Crippen LogP contribution in [0, 0.1) is 11.7 Å². The second-order valence-electron chi connectivity index (χ2n) is 9.05. The number of ether oxygens (including phenoxy) is 1. The Hall–Kier alpha value is -4.46. The predicted octanol–water partition coefficient (Wildman–Crippen LogP) is 3.55. The third-order valence-corrected chi connectivity index (χ3v) is 6.86. The Morgan fingerprint density at radius 2 is 2.00 bits per heavy atom. The number of nitrogens with one attached hydrogen (secondary N) is 2. The Labute approximate surface area is 199 Å². The summed E-state index contributed by atoms with van der Waals surface area (Å²) in [4.78, 5) is 7.87. The molecule has 4 aromatic heterocycles. The maximum atomic E-state index is 14.2. The fourth-order valence-corrected chi connectivity index (χ4v) is 5.13. The summed E-state index contributed by atoms with van der Waals surface area (Å²) in [5, 5.41) is 15.3. The van der Waals surface area contributed by atoms with Gasteiger partial charge in [0.1, 0.15) is 17.3 Å².